The number of ether oxygens (including phenoxy) is 1. The average Bonchev–Trinajstić information content (AvgIpc) is 3.10. The molecule has 1 aliphatic heterocycles. The Bertz CT molecular complexity index is 766. The van der Waals surface area contributed by atoms with Crippen LogP contribution in [-0.4, -0.2) is 24.0 Å². The van der Waals surface area contributed by atoms with E-state index in [1.807, 2.05) is 4.90 Å². The maximum Gasteiger partial charge on any atom is 0.379 e. The van der Waals surface area contributed by atoms with Gasteiger partial charge in [-0.3, -0.25) is 4.79 Å². The molecule has 0 bridgehead atoms. The smallest absolute Gasteiger partial charge is 0.379 e. The SMILES string of the molecule is CC(C)(C)c1ccc([C@H]2CCCN2C(=O)COc2cccc[n+]2[O-])cc1. The van der Waals surface area contributed by atoms with E-state index in [1.54, 1.807) is 18.2 Å². The van der Waals surface area contributed by atoms with Crippen LogP contribution in [0.4, 0.5) is 0 Å². The molecule has 138 valence electrons. The van der Waals surface area contributed by atoms with E-state index in [4.69, 9.17) is 4.74 Å². The fourth-order valence-electron chi connectivity index (χ4n) is 3.36. The molecular weight excluding hydrogens is 328 g/mol. The average molecular weight is 354 g/mol. The summed E-state index contributed by atoms with van der Waals surface area (Å²) in [5.74, 6) is 0.0578. The van der Waals surface area contributed by atoms with Crippen molar-refractivity contribution in [1.82, 2.24) is 4.90 Å². The molecule has 1 saturated heterocycles. The highest BCUT2D eigenvalue weighted by molar-refractivity contribution is 5.78. The first-order chi connectivity index (χ1) is 12.4. The van der Waals surface area contributed by atoms with E-state index in [-0.39, 0.29) is 29.9 Å². The van der Waals surface area contributed by atoms with Gasteiger partial charge in [-0.05, 0) is 35.4 Å². The zero-order valence-electron chi connectivity index (χ0n) is 15.6. The maximum atomic E-state index is 12.6. The van der Waals surface area contributed by atoms with Crippen molar-refractivity contribution in [3.05, 3.63) is 65.0 Å². The van der Waals surface area contributed by atoms with Crippen LogP contribution in [-0.2, 0) is 10.2 Å². The van der Waals surface area contributed by atoms with Crippen LogP contribution in [0.5, 0.6) is 5.88 Å². The monoisotopic (exact) mass is 354 g/mol. The normalized spacial score (nSPS) is 17.3. The molecule has 26 heavy (non-hydrogen) atoms. The van der Waals surface area contributed by atoms with Crippen molar-refractivity contribution < 1.29 is 14.3 Å². The number of aromatic nitrogens is 1. The van der Waals surface area contributed by atoms with E-state index in [2.05, 4.69) is 45.0 Å². The predicted octanol–water partition coefficient (Wildman–Crippen LogP) is 3.36. The molecule has 1 fully saturated rings. The number of rotatable bonds is 4. The van der Waals surface area contributed by atoms with Gasteiger partial charge in [0.2, 0.25) is 0 Å². The van der Waals surface area contributed by atoms with Gasteiger partial charge in [0, 0.05) is 12.6 Å². The maximum absolute atomic E-state index is 12.6. The van der Waals surface area contributed by atoms with Crippen LogP contribution in [0, 0.1) is 5.21 Å². The van der Waals surface area contributed by atoms with Gasteiger partial charge in [-0.25, -0.2) is 0 Å². The molecule has 0 spiro atoms. The Kier molecular flexibility index (Phi) is 5.16. The molecule has 2 heterocycles. The Morgan fingerprint density at radius 2 is 1.96 bits per heavy atom. The largest absolute Gasteiger partial charge is 0.616 e. The minimum absolute atomic E-state index is 0.0790. The number of carbonyl (C=O) groups excluding carboxylic acids is 1. The summed E-state index contributed by atoms with van der Waals surface area (Å²) in [6, 6.07) is 13.5. The van der Waals surface area contributed by atoms with Crippen LogP contribution in [0.1, 0.15) is 50.8 Å². The van der Waals surface area contributed by atoms with E-state index in [9.17, 15) is 10.0 Å². The molecule has 1 aromatic heterocycles. The van der Waals surface area contributed by atoms with E-state index < -0.39 is 0 Å². The minimum Gasteiger partial charge on any atom is -0.616 e. The van der Waals surface area contributed by atoms with Crippen LogP contribution >= 0.6 is 0 Å². The third-order valence-corrected chi connectivity index (χ3v) is 4.87. The van der Waals surface area contributed by atoms with Gasteiger partial charge in [0.25, 0.3) is 5.91 Å². The molecule has 0 N–H and O–H groups in total. The van der Waals surface area contributed by atoms with Gasteiger partial charge in [-0.1, -0.05) is 45.0 Å². The molecule has 1 amide bonds. The summed E-state index contributed by atoms with van der Waals surface area (Å²) in [7, 11) is 0. The number of nitrogens with zero attached hydrogens (tertiary/aromatic N) is 2. The number of likely N-dealkylation sites (tertiary alicyclic amines) is 1. The molecule has 2 aromatic rings. The van der Waals surface area contributed by atoms with Crippen molar-refractivity contribution >= 4 is 5.91 Å². The number of hydrogen-bond donors (Lipinski definition) is 0. The Balaban J connectivity index is 1.67. The highest BCUT2D eigenvalue weighted by atomic mass is 16.6. The van der Waals surface area contributed by atoms with Crippen molar-refractivity contribution in [2.45, 2.75) is 45.1 Å². The Hall–Kier alpha value is -2.56. The van der Waals surface area contributed by atoms with E-state index >= 15 is 0 Å². The molecule has 0 saturated carbocycles. The summed E-state index contributed by atoms with van der Waals surface area (Å²) < 4.78 is 6.04. The molecule has 5 heteroatoms. The van der Waals surface area contributed by atoms with Crippen molar-refractivity contribution in [2.24, 2.45) is 0 Å². The Morgan fingerprint density at radius 1 is 1.23 bits per heavy atom. The van der Waals surface area contributed by atoms with Crippen LogP contribution in [0.25, 0.3) is 0 Å². The second-order valence-electron chi connectivity index (χ2n) is 7.77. The molecule has 0 aliphatic carbocycles. The first-order valence-corrected chi connectivity index (χ1v) is 9.07. The van der Waals surface area contributed by atoms with Gasteiger partial charge >= 0.3 is 5.88 Å². The molecule has 5 nitrogen and oxygen atoms in total. The summed E-state index contributed by atoms with van der Waals surface area (Å²) in [5.41, 5.74) is 2.55. The molecule has 1 aliphatic rings. The molecular formula is C21H26N2O3. The van der Waals surface area contributed by atoms with Gasteiger partial charge < -0.3 is 14.8 Å². The highest BCUT2D eigenvalue weighted by Crippen LogP contribution is 2.33. The zero-order chi connectivity index (χ0) is 18.7. The molecule has 1 aromatic carbocycles. The van der Waals surface area contributed by atoms with Gasteiger partial charge in [0.05, 0.1) is 12.1 Å². The Labute approximate surface area is 154 Å². The van der Waals surface area contributed by atoms with E-state index in [0.717, 1.165) is 24.9 Å². The summed E-state index contributed by atoms with van der Waals surface area (Å²) in [6.45, 7) is 7.17. The number of carbonyl (C=O) groups is 1. The lowest BCUT2D eigenvalue weighted by atomic mass is 9.86. The summed E-state index contributed by atoms with van der Waals surface area (Å²) in [5, 5.41) is 11.6. The van der Waals surface area contributed by atoms with Gasteiger partial charge in [0.15, 0.2) is 12.8 Å². The van der Waals surface area contributed by atoms with Gasteiger partial charge in [-0.15, -0.1) is 4.73 Å². The molecule has 0 unspecified atom stereocenters. The third-order valence-electron chi connectivity index (χ3n) is 4.87. The van der Waals surface area contributed by atoms with E-state index in [0.29, 0.717) is 4.73 Å². The standard InChI is InChI=1S/C21H26N2O3/c1-21(2,3)17-11-9-16(10-12-17)18-7-6-13-22(18)19(24)15-26-20-8-4-5-14-23(20)25/h4-5,8-12,14,18H,6-7,13,15H2,1-3H3/t18-/m1/s1. The fourth-order valence-corrected chi connectivity index (χ4v) is 3.36. The lowest BCUT2D eigenvalue weighted by Crippen LogP contribution is -2.36. The number of benzene rings is 1. The highest BCUT2D eigenvalue weighted by Gasteiger charge is 2.30. The predicted molar refractivity (Wildman–Crippen MR) is 99.7 cm³/mol. The number of amides is 1. The van der Waals surface area contributed by atoms with Crippen molar-refractivity contribution in [2.75, 3.05) is 13.2 Å². The third kappa shape index (κ3) is 3.98. The summed E-state index contributed by atoms with van der Waals surface area (Å²) in [6.07, 6.45) is 3.28. The molecule has 3 rings (SSSR count). The Morgan fingerprint density at radius 3 is 2.62 bits per heavy atom. The van der Waals surface area contributed by atoms with Crippen LogP contribution in [0.15, 0.2) is 48.7 Å². The first-order valence-electron chi connectivity index (χ1n) is 9.07. The van der Waals surface area contributed by atoms with Gasteiger partial charge in [-0.2, -0.15) is 0 Å². The van der Waals surface area contributed by atoms with E-state index in [1.165, 1.54) is 11.8 Å². The van der Waals surface area contributed by atoms with Crippen LogP contribution in [0.3, 0.4) is 0 Å². The molecule has 1 atom stereocenters. The number of hydrogen-bond acceptors (Lipinski definition) is 3. The van der Waals surface area contributed by atoms with Crippen molar-refractivity contribution in [1.29, 1.82) is 0 Å². The topological polar surface area (TPSA) is 56.5 Å². The first kappa shape index (κ1) is 18.2. The second-order valence-corrected chi connectivity index (χ2v) is 7.77. The van der Waals surface area contributed by atoms with Crippen LogP contribution in [0.2, 0.25) is 0 Å². The van der Waals surface area contributed by atoms with Crippen molar-refractivity contribution in [3.63, 3.8) is 0 Å². The minimum atomic E-state index is -0.122. The fraction of sp³-hybridized carbons (Fsp3) is 0.429. The molecule has 0 radical (unpaired) electrons. The summed E-state index contributed by atoms with van der Waals surface area (Å²) >= 11 is 0. The number of pyridine rings is 1. The summed E-state index contributed by atoms with van der Waals surface area (Å²) in [4.78, 5) is 14.5. The zero-order valence-corrected chi connectivity index (χ0v) is 15.6. The lowest BCUT2D eigenvalue weighted by Gasteiger charge is -2.26. The quantitative estimate of drug-likeness (QED) is 0.625. The lowest BCUT2D eigenvalue weighted by molar-refractivity contribution is -0.612. The second kappa shape index (κ2) is 7.36. The van der Waals surface area contributed by atoms with Gasteiger partial charge in [0.1, 0.15) is 0 Å². The van der Waals surface area contributed by atoms with Crippen LogP contribution < -0.4 is 9.47 Å². The van der Waals surface area contributed by atoms with Crippen molar-refractivity contribution in [3.8, 4) is 5.88 Å².